The molecule has 1 fully saturated rings. The monoisotopic (exact) mass is 167 g/mol. The fourth-order valence-corrected chi connectivity index (χ4v) is 2.23. The van der Waals surface area contributed by atoms with Crippen molar-refractivity contribution in [3.63, 3.8) is 0 Å². The maximum Gasteiger partial charge on any atom is 0.337 e. The van der Waals surface area contributed by atoms with Crippen LogP contribution in [-0.2, 0) is 0 Å². The van der Waals surface area contributed by atoms with Crippen LogP contribution in [0.5, 0.6) is 0 Å². The van der Waals surface area contributed by atoms with Gasteiger partial charge in [0.15, 0.2) is 0 Å². The van der Waals surface area contributed by atoms with Gasteiger partial charge in [-0.3, -0.25) is 4.85 Å². The largest absolute Gasteiger partial charge is 0.337 e. The Labute approximate surface area is 74.4 Å². The minimum atomic E-state index is -1.07. The Hall–Kier alpha value is -0.550. The SMILES string of the molecule is [C-]#[N+][C@@]1(O)CCC[C@@H]1C(C)(C)C. The standard InChI is InChI=1S/C10H17NO/c1-9(2,3)8-6-5-7-10(8,12)11-4/h8,12H,5-7H2,1-3H3/t8-,10-/m1/s1. The van der Waals surface area contributed by atoms with Gasteiger partial charge < -0.3 is 5.11 Å². The summed E-state index contributed by atoms with van der Waals surface area (Å²) in [5.74, 6) is 0.141. The molecule has 1 aliphatic carbocycles. The molecule has 1 aliphatic rings. The lowest BCUT2D eigenvalue weighted by Crippen LogP contribution is -2.37. The van der Waals surface area contributed by atoms with Gasteiger partial charge in [-0.2, -0.15) is 0 Å². The highest BCUT2D eigenvalue weighted by atomic mass is 16.3. The molecule has 0 radical (unpaired) electrons. The molecule has 1 N–H and O–H groups in total. The maximum absolute atomic E-state index is 9.94. The van der Waals surface area contributed by atoms with Crippen molar-refractivity contribution in [1.29, 1.82) is 0 Å². The van der Waals surface area contributed by atoms with E-state index < -0.39 is 5.72 Å². The van der Waals surface area contributed by atoms with E-state index in [2.05, 4.69) is 25.6 Å². The van der Waals surface area contributed by atoms with Crippen molar-refractivity contribution in [2.45, 2.75) is 45.8 Å². The summed E-state index contributed by atoms with van der Waals surface area (Å²) in [5.41, 5.74) is -1.02. The number of hydrogen-bond acceptors (Lipinski definition) is 1. The van der Waals surface area contributed by atoms with E-state index in [9.17, 15) is 5.11 Å². The molecule has 0 aliphatic heterocycles. The van der Waals surface area contributed by atoms with E-state index in [1.807, 2.05) is 0 Å². The molecule has 2 atom stereocenters. The second kappa shape index (κ2) is 2.74. The minimum Gasteiger partial charge on any atom is -0.324 e. The number of aliphatic hydroxyl groups is 1. The van der Waals surface area contributed by atoms with Crippen molar-refractivity contribution < 1.29 is 5.11 Å². The first kappa shape index (κ1) is 9.54. The first-order chi connectivity index (χ1) is 5.40. The Kier molecular flexibility index (Phi) is 2.18. The van der Waals surface area contributed by atoms with Crippen LogP contribution in [0.25, 0.3) is 4.85 Å². The highest BCUT2D eigenvalue weighted by Crippen LogP contribution is 2.46. The Morgan fingerprint density at radius 3 is 2.42 bits per heavy atom. The molecule has 0 spiro atoms. The first-order valence-electron chi connectivity index (χ1n) is 4.51. The number of rotatable bonds is 0. The molecule has 0 amide bonds. The molecule has 12 heavy (non-hydrogen) atoms. The molecule has 0 heterocycles. The van der Waals surface area contributed by atoms with E-state index in [4.69, 9.17) is 6.57 Å². The van der Waals surface area contributed by atoms with Crippen molar-refractivity contribution in [2.75, 3.05) is 0 Å². The van der Waals surface area contributed by atoms with Crippen LogP contribution in [0.1, 0.15) is 40.0 Å². The Balaban J connectivity index is 2.86. The van der Waals surface area contributed by atoms with Crippen LogP contribution in [0.4, 0.5) is 0 Å². The van der Waals surface area contributed by atoms with Gasteiger partial charge in [0.25, 0.3) is 0 Å². The summed E-state index contributed by atoms with van der Waals surface area (Å²) in [6.07, 6.45) is 2.63. The van der Waals surface area contributed by atoms with Gasteiger partial charge in [-0.1, -0.05) is 20.8 Å². The topological polar surface area (TPSA) is 24.6 Å². The summed E-state index contributed by atoms with van der Waals surface area (Å²) in [6.45, 7) is 13.3. The number of hydrogen-bond donors (Lipinski definition) is 1. The van der Waals surface area contributed by atoms with E-state index in [-0.39, 0.29) is 11.3 Å². The Morgan fingerprint density at radius 2 is 2.08 bits per heavy atom. The third-order valence-corrected chi connectivity index (χ3v) is 2.83. The summed E-state index contributed by atoms with van der Waals surface area (Å²) < 4.78 is 0. The van der Waals surface area contributed by atoms with Crippen LogP contribution >= 0.6 is 0 Å². The lowest BCUT2D eigenvalue weighted by Gasteiger charge is -2.30. The Bertz CT molecular complexity index is 211. The average molecular weight is 167 g/mol. The smallest absolute Gasteiger partial charge is 0.324 e. The molecule has 0 aromatic rings. The van der Waals surface area contributed by atoms with Crippen molar-refractivity contribution in [2.24, 2.45) is 11.3 Å². The van der Waals surface area contributed by atoms with Crippen LogP contribution in [0, 0.1) is 17.9 Å². The van der Waals surface area contributed by atoms with Crippen LogP contribution in [0.15, 0.2) is 0 Å². The zero-order chi connectivity index (χ0) is 9.41. The predicted molar refractivity (Wildman–Crippen MR) is 48.3 cm³/mol. The highest BCUT2D eigenvalue weighted by Gasteiger charge is 2.52. The van der Waals surface area contributed by atoms with Gasteiger partial charge >= 0.3 is 5.72 Å². The summed E-state index contributed by atoms with van der Waals surface area (Å²) in [5, 5.41) is 9.94. The van der Waals surface area contributed by atoms with Crippen LogP contribution < -0.4 is 0 Å². The molecule has 2 nitrogen and oxygen atoms in total. The summed E-state index contributed by atoms with van der Waals surface area (Å²) in [4.78, 5) is 3.37. The van der Waals surface area contributed by atoms with E-state index >= 15 is 0 Å². The first-order valence-corrected chi connectivity index (χ1v) is 4.51. The molecule has 0 aromatic heterocycles. The van der Waals surface area contributed by atoms with E-state index in [1.54, 1.807) is 0 Å². The van der Waals surface area contributed by atoms with Gasteiger partial charge in [-0.05, 0) is 18.3 Å². The van der Waals surface area contributed by atoms with Crippen molar-refractivity contribution in [3.8, 4) is 0 Å². The van der Waals surface area contributed by atoms with Gasteiger partial charge in [0.1, 0.15) is 0 Å². The molecule has 0 bridgehead atoms. The van der Waals surface area contributed by atoms with Gasteiger partial charge in [0, 0.05) is 0 Å². The molecular formula is C10H17NO. The van der Waals surface area contributed by atoms with Gasteiger partial charge in [0.2, 0.25) is 0 Å². The van der Waals surface area contributed by atoms with Gasteiger partial charge in [-0.15, -0.1) is 0 Å². The molecular weight excluding hydrogens is 150 g/mol. The quantitative estimate of drug-likeness (QED) is 0.551. The zero-order valence-electron chi connectivity index (χ0n) is 8.09. The lowest BCUT2D eigenvalue weighted by atomic mass is 9.76. The Morgan fingerprint density at radius 1 is 1.50 bits per heavy atom. The van der Waals surface area contributed by atoms with Crippen LogP contribution in [0.2, 0.25) is 0 Å². The fourth-order valence-electron chi connectivity index (χ4n) is 2.23. The molecule has 2 heteroatoms. The van der Waals surface area contributed by atoms with E-state index in [0.717, 1.165) is 12.8 Å². The molecule has 0 unspecified atom stereocenters. The maximum atomic E-state index is 9.94. The highest BCUT2D eigenvalue weighted by molar-refractivity contribution is 5.02. The number of nitrogens with zero attached hydrogens (tertiary/aromatic N) is 1. The van der Waals surface area contributed by atoms with Gasteiger partial charge in [-0.25, -0.2) is 6.57 Å². The second-order valence-electron chi connectivity index (χ2n) is 4.80. The molecule has 0 aromatic carbocycles. The summed E-state index contributed by atoms with van der Waals surface area (Å²) in [7, 11) is 0. The predicted octanol–water partition coefficient (Wildman–Crippen LogP) is 2.44. The third kappa shape index (κ3) is 1.47. The van der Waals surface area contributed by atoms with E-state index in [0.29, 0.717) is 6.42 Å². The lowest BCUT2D eigenvalue weighted by molar-refractivity contribution is -0.00103. The average Bonchev–Trinajstić information content (AvgIpc) is 2.31. The minimum absolute atomic E-state index is 0.0514. The molecule has 1 rings (SSSR count). The normalized spacial score (nSPS) is 36.4. The van der Waals surface area contributed by atoms with Crippen LogP contribution in [-0.4, -0.2) is 10.8 Å². The third-order valence-electron chi connectivity index (χ3n) is 2.83. The van der Waals surface area contributed by atoms with Crippen LogP contribution in [0.3, 0.4) is 0 Å². The molecule has 0 saturated heterocycles. The van der Waals surface area contributed by atoms with Crippen molar-refractivity contribution in [3.05, 3.63) is 11.4 Å². The summed E-state index contributed by atoms with van der Waals surface area (Å²) >= 11 is 0. The zero-order valence-corrected chi connectivity index (χ0v) is 8.09. The second-order valence-corrected chi connectivity index (χ2v) is 4.80. The van der Waals surface area contributed by atoms with Crippen molar-refractivity contribution in [1.82, 2.24) is 0 Å². The summed E-state index contributed by atoms with van der Waals surface area (Å²) in [6, 6.07) is 0. The van der Waals surface area contributed by atoms with Gasteiger partial charge in [0.05, 0.1) is 12.3 Å². The van der Waals surface area contributed by atoms with E-state index in [1.165, 1.54) is 0 Å². The molecule has 1 saturated carbocycles. The molecule has 68 valence electrons. The fraction of sp³-hybridized carbons (Fsp3) is 0.900. The van der Waals surface area contributed by atoms with Crippen molar-refractivity contribution >= 4 is 0 Å².